The van der Waals surface area contributed by atoms with Crippen molar-refractivity contribution in [2.45, 2.75) is 12.6 Å². The highest BCUT2D eigenvalue weighted by atomic mass is 16.7. The molecule has 1 saturated heterocycles. The van der Waals surface area contributed by atoms with E-state index in [9.17, 15) is 0 Å². The van der Waals surface area contributed by atoms with E-state index >= 15 is 0 Å². The Hall–Kier alpha value is -2.35. The molecular formula is C19H25N5O2. The predicted octanol–water partition coefficient (Wildman–Crippen LogP) is 1.43. The van der Waals surface area contributed by atoms with Crippen molar-refractivity contribution in [2.24, 2.45) is 5.92 Å². The zero-order chi connectivity index (χ0) is 17.9. The van der Waals surface area contributed by atoms with Crippen LogP contribution in [0.3, 0.4) is 0 Å². The quantitative estimate of drug-likeness (QED) is 0.724. The minimum atomic E-state index is 0.242. The third-order valence-corrected chi connectivity index (χ3v) is 4.85. The van der Waals surface area contributed by atoms with E-state index in [1.807, 2.05) is 31.3 Å². The van der Waals surface area contributed by atoms with Crippen molar-refractivity contribution < 1.29 is 9.47 Å². The van der Waals surface area contributed by atoms with Gasteiger partial charge in [-0.3, -0.25) is 5.43 Å². The predicted molar refractivity (Wildman–Crippen MR) is 100 cm³/mol. The molecular weight excluding hydrogens is 330 g/mol. The third-order valence-electron chi connectivity index (χ3n) is 4.85. The molecule has 0 saturated carbocycles. The maximum atomic E-state index is 5.51. The van der Waals surface area contributed by atoms with Crippen LogP contribution in [0.4, 0.5) is 5.82 Å². The van der Waals surface area contributed by atoms with E-state index in [1.165, 1.54) is 11.1 Å². The maximum absolute atomic E-state index is 5.51. The summed E-state index contributed by atoms with van der Waals surface area (Å²) in [5.74, 6) is 3.08. The van der Waals surface area contributed by atoms with Crippen LogP contribution in [0.5, 0.6) is 11.5 Å². The number of rotatable bonds is 6. The average molecular weight is 355 g/mol. The summed E-state index contributed by atoms with van der Waals surface area (Å²) in [5, 5.41) is 3.58. The van der Waals surface area contributed by atoms with Crippen LogP contribution in [0.15, 0.2) is 36.5 Å². The van der Waals surface area contributed by atoms with Crippen molar-refractivity contribution >= 4 is 5.82 Å². The van der Waals surface area contributed by atoms with E-state index in [1.54, 1.807) is 0 Å². The molecule has 138 valence electrons. The Morgan fingerprint density at radius 2 is 2.08 bits per heavy atom. The molecule has 0 amide bonds. The second kappa shape index (κ2) is 7.49. The SMILES string of the molecule is CN(C)c1cc(CNCC2CNNC2c2ccc3c(c2)OCO3)ccn1. The molecule has 0 bridgehead atoms. The van der Waals surface area contributed by atoms with Crippen molar-refractivity contribution in [1.29, 1.82) is 0 Å². The molecule has 4 rings (SSSR count). The molecule has 1 aromatic carbocycles. The van der Waals surface area contributed by atoms with Gasteiger partial charge in [-0.05, 0) is 35.4 Å². The fraction of sp³-hybridized carbons (Fsp3) is 0.421. The van der Waals surface area contributed by atoms with Gasteiger partial charge in [0.2, 0.25) is 6.79 Å². The highest BCUT2D eigenvalue weighted by molar-refractivity contribution is 5.45. The van der Waals surface area contributed by atoms with Gasteiger partial charge in [0.05, 0.1) is 6.04 Å². The molecule has 2 unspecified atom stereocenters. The maximum Gasteiger partial charge on any atom is 0.231 e. The van der Waals surface area contributed by atoms with Crippen LogP contribution in [0.2, 0.25) is 0 Å². The second-order valence-corrected chi connectivity index (χ2v) is 6.92. The Kier molecular flexibility index (Phi) is 4.92. The zero-order valence-electron chi connectivity index (χ0n) is 15.2. The number of nitrogens with one attached hydrogen (secondary N) is 3. The Labute approximate surface area is 153 Å². The molecule has 7 heteroatoms. The number of fused-ring (bicyclic) bond motifs is 1. The standard InChI is InChI=1S/C19H25N5O2/c1-24(2)18-7-13(5-6-21-18)9-20-10-15-11-22-23-19(15)14-3-4-16-17(8-14)26-12-25-16/h3-8,15,19-20,22-23H,9-12H2,1-2H3. The van der Waals surface area contributed by atoms with Gasteiger partial charge in [0.1, 0.15) is 5.82 Å². The number of hydrazine groups is 1. The number of hydrogen-bond donors (Lipinski definition) is 3. The summed E-state index contributed by atoms with van der Waals surface area (Å²) in [6.07, 6.45) is 1.86. The number of benzene rings is 1. The molecule has 2 aromatic rings. The Bertz CT molecular complexity index is 767. The van der Waals surface area contributed by atoms with E-state index in [0.29, 0.717) is 12.7 Å². The summed E-state index contributed by atoms with van der Waals surface area (Å²) in [5.41, 5.74) is 9.12. The lowest BCUT2D eigenvalue weighted by atomic mass is 9.94. The van der Waals surface area contributed by atoms with E-state index in [2.05, 4.69) is 45.4 Å². The van der Waals surface area contributed by atoms with Gasteiger partial charge in [-0.25, -0.2) is 10.4 Å². The summed E-state index contributed by atoms with van der Waals surface area (Å²) in [4.78, 5) is 6.38. The number of ether oxygens (including phenoxy) is 2. The summed E-state index contributed by atoms with van der Waals surface area (Å²) in [6, 6.07) is 10.6. The van der Waals surface area contributed by atoms with Gasteiger partial charge in [-0.1, -0.05) is 6.07 Å². The first-order chi connectivity index (χ1) is 12.7. The fourth-order valence-corrected chi connectivity index (χ4v) is 3.40. The summed E-state index contributed by atoms with van der Waals surface area (Å²) >= 11 is 0. The van der Waals surface area contributed by atoms with Crippen molar-refractivity contribution in [3.8, 4) is 11.5 Å². The molecule has 1 aromatic heterocycles. The molecule has 0 radical (unpaired) electrons. The first-order valence-corrected chi connectivity index (χ1v) is 8.91. The monoisotopic (exact) mass is 355 g/mol. The number of nitrogens with zero attached hydrogens (tertiary/aromatic N) is 2. The van der Waals surface area contributed by atoms with Gasteiger partial charge < -0.3 is 19.7 Å². The molecule has 0 aliphatic carbocycles. The van der Waals surface area contributed by atoms with Crippen LogP contribution in [0.1, 0.15) is 17.2 Å². The van der Waals surface area contributed by atoms with Crippen molar-refractivity contribution in [2.75, 3.05) is 38.9 Å². The van der Waals surface area contributed by atoms with Crippen molar-refractivity contribution in [1.82, 2.24) is 21.2 Å². The normalized spacial score (nSPS) is 21.2. The van der Waals surface area contributed by atoms with Gasteiger partial charge in [-0.2, -0.15) is 0 Å². The van der Waals surface area contributed by atoms with Crippen LogP contribution in [0.25, 0.3) is 0 Å². The molecule has 0 spiro atoms. The van der Waals surface area contributed by atoms with Gasteiger partial charge in [-0.15, -0.1) is 0 Å². The lowest BCUT2D eigenvalue weighted by Gasteiger charge is -2.20. The second-order valence-electron chi connectivity index (χ2n) is 6.92. The summed E-state index contributed by atoms with van der Waals surface area (Å²) in [6.45, 7) is 2.97. The Morgan fingerprint density at radius 1 is 1.19 bits per heavy atom. The summed E-state index contributed by atoms with van der Waals surface area (Å²) < 4.78 is 10.9. The number of aromatic nitrogens is 1. The first kappa shape index (κ1) is 17.1. The lowest BCUT2D eigenvalue weighted by Crippen LogP contribution is -2.28. The molecule has 2 aliphatic heterocycles. The molecule has 1 fully saturated rings. The highest BCUT2D eigenvalue weighted by Gasteiger charge is 2.29. The van der Waals surface area contributed by atoms with Crippen molar-refractivity contribution in [3.63, 3.8) is 0 Å². The third kappa shape index (κ3) is 3.60. The van der Waals surface area contributed by atoms with E-state index in [0.717, 1.165) is 37.0 Å². The lowest BCUT2D eigenvalue weighted by molar-refractivity contribution is 0.174. The van der Waals surface area contributed by atoms with Crippen LogP contribution < -0.4 is 30.5 Å². The van der Waals surface area contributed by atoms with Crippen LogP contribution in [-0.4, -0.2) is 39.0 Å². The van der Waals surface area contributed by atoms with Crippen LogP contribution in [-0.2, 0) is 6.54 Å². The Morgan fingerprint density at radius 3 is 2.96 bits per heavy atom. The first-order valence-electron chi connectivity index (χ1n) is 8.91. The molecule has 7 nitrogen and oxygen atoms in total. The molecule has 2 aliphatic rings. The molecule has 26 heavy (non-hydrogen) atoms. The molecule has 3 heterocycles. The minimum absolute atomic E-state index is 0.242. The van der Waals surface area contributed by atoms with E-state index < -0.39 is 0 Å². The molecule has 2 atom stereocenters. The van der Waals surface area contributed by atoms with Crippen molar-refractivity contribution in [3.05, 3.63) is 47.7 Å². The number of anilines is 1. The topological polar surface area (TPSA) is 70.7 Å². The number of pyridine rings is 1. The molecule has 3 N–H and O–H groups in total. The zero-order valence-corrected chi connectivity index (χ0v) is 15.2. The fourth-order valence-electron chi connectivity index (χ4n) is 3.40. The average Bonchev–Trinajstić information content (AvgIpc) is 3.30. The van der Waals surface area contributed by atoms with Gasteiger partial charge >= 0.3 is 0 Å². The Balaban J connectivity index is 1.36. The largest absolute Gasteiger partial charge is 0.454 e. The minimum Gasteiger partial charge on any atom is -0.454 e. The van der Waals surface area contributed by atoms with E-state index in [4.69, 9.17) is 9.47 Å². The van der Waals surface area contributed by atoms with Crippen LogP contribution >= 0.6 is 0 Å². The number of hydrogen-bond acceptors (Lipinski definition) is 7. The summed E-state index contributed by atoms with van der Waals surface area (Å²) in [7, 11) is 4.01. The highest BCUT2D eigenvalue weighted by Crippen LogP contribution is 2.36. The van der Waals surface area contributed by atoms with Gasteiger partial charge in [0, 0.05) is 45.8 Å². The van der Waals surface area contributed by atoms with E-state index in [-0.39, 0.29) is 6.04 Å². The van der Waals surface area contributed by atoms with Gasteiger partial charge in [0.15, 0.2) is 11.5 Å². The van der Waals surface area contributed by atoms with Crippen LogP contribution in [0, 0.1) is 5.92 Å². The smallest absolute Gasteiger partial charge is 0.231 e. The van der Waals surface area contributed by atoms with Gasteiger partial charge in [0.25, 0.3) is 0 Å².